The molecular formula is C23H25N3O3. The van der Waals surface area contributed by atoms with Crippen molar-refractivity contribution in [2.45, 2.75) is 32.9 Å². The molecule has 1 amide bonds. The number of benzene rings is 2. The fourth-order valence-electron chi connectivity index (χ4n) is 3.31. The molecule has 1 aromatic heterocycles. The number of carbonyl (C=O) groups is 1. The number of rotatable bonds is 7. The highest BCUT2D eigenvalue weighted by Crippen LogP contribution is 2.18. The summed E-state index contributed by atoms with van der Waals surface area (Å²) in [6, 6.07) is 18.8. The number of aromatic nitrogens is 2. The van der Waals surface area contributed by atoms with E-state index >= 15 is 0 Å². The molecule has 2 aromatic carbocycles. The molecule has 0 saturated carbocycles. The SMILES string of the molecule is Cc1nc(-c2ccccc2)n(CC(=O)N[C@@H](C)c2ccccc2)c(=O)c1CCO. The van der Waals surface area contributed by atoms with Gasteiger partial charge in [0.1, 0.15) is 12.4 Å². The van der Waals surface area contributed by atoms with Gasteiger partial charge in [-0.1, -0.05) is 60.7 Å². The normalized spacial score (nSPS) is 11.8. The Morgan fingerprint density at radius 2 is 1.72 bits per heavy atom. The van der Waals surface area contributed by atoms with Crippen molar-refractivity contribution in [1.82, 2.24) is 14.9 Å². The molecule has 0 unspecified atom stereocenters. The highest BCUT2D eigenvalue weighted by molar-refractivity contribution is 5.77. The van der Waals surface area contributed by atoms with Crippen molar-refractivity contribution in [3.8, 4) is 11.4 Å². The standard InChI is InChI=1S/C23H25N3O3/c1-16(18-9-5-3-6-10-18)24-21(28)15-26-22(19-11-7-4-8-12-19)25-17(2)20(13-14-27)23(26)29/h3-12,16,27H,13-15H2,1-2H3,(H,24,28)/t16-/m0/s1. The Labute approximate surface area is 169 Å². The molecule has 0 fully saturated rings. The van der Waals surface area contributed by atoms with E-state index in [2.05, 4.69) is 10.3 Å². The number of hydrogen-bond acceptors (Lipinski definition) is 4. The van der Waals surface area contributed by atoms with E-state index in [1.54, 1.807) is 6.92 Å². The van der Waals surface area contributed by atoms with Gasteiger partial charge in [-0.3, -0.25) is 14.2 Å². The molecule has 3 rings (SSSR count). The first-order valence-electron chi connectivity index (χ1n) is 9.62. The molecule has 0 spiro atoms. The Balaban J connectivity index is 1.95. The van der Waals surface area contributed by atoms with E-state index in [0.29, 0.717) is 17.1 Å². The lowest BCUT2D eigenvalue weighted by Gasteiger charge is -2.18. The second-order valence-corrected chi connectivity index (χ2v) is 6.93. The number of hydrogen-bond donors (Lipinski definition) is 2. The highest BCUT2D eigenvalue weighted by atomic mass is 16.3. The maximum absolute atomic E-state index is 13.1. The first-order chi connectivity index (χ1) is 14.0. The van der Waals surface area contributed by atoms with Crippen LogP contribution in [0, 0.1) is 6.92 Å². The number of carbonyl (C=O) groups excluding carboxylic acids is 1. The zero-order chi connectivity index (χ0) is 20.8. The van der Waals surface area contributed by atoms with Crippen molar-refractivity contribution < 1.29 is 9.90 Å². The number of aryl methyl sites for hydroxylation is 1. The summed E-state index contributed by atoms with van der Waals surface area (Å²) >= 11 is 0. The minimum Gasteiger partial charge on any atom is -0.396 e. The van der Waals surface area contributed by atoms with Crippen LogP contribution in [0.1, 0.15) is 29.8 Å². The molecule has 29 heavy (non-hydrogen) atoms. The van der Waals surface area contributed by atoms with Crippen LogP contribution in [0.3, 0.4) is 0 Å². The topological polar surface area (TPSA) is 84.2 Å². The number of nitrogens with one attached hydrogen (secondary N) is 1. The minimum absolute atomic E-state index is 0.147. The molecule has 6 heteroatoms. The molecule has 1 heterocycles. The Bertz CT molecular complexity index is 1030. The quantitative estimate of drug-likeness (QED) is 0.648. The van der Waals surface area contributed by atoms with E-state index < -0.39 is 0 Å². The van der Waals surface area contributed by atoms with E-state index in [9.17, 15) is 14.7 Å². The number of amides is 1. The largest absolute Gasteiger partial charge is 0.396 e. The lowest BCUT2D eigenvalue weighted by atomic mass is 10.1. The van der Waals surface area contributed by atoms with E-state index in [-0.39, 0.29) is 37.1 Å². The lowest BCUT2D eigenvalue weighted by Crippen LogP contribution is -2.36. The molecule has 2 N–H and O–H groups in total. The van der Waals surface area contributed by atoms with Gasteiger partial charge in [0, 0.05) is 29.8 Å². The average Bonchev–Trinajstić information content (AvgIpc) is 2.74. The van der Waals surface area contributed by atoms with Crippen molar-refractivity contribution in [1.29, 1.82) is 0 Å². The maximum Gasteiger partial charge on any atom is 0.257 e. The molecule has 0 saturated heterocycles. The van der Waals surface area contributed by atoms with Gasteiger partial charge < -0.3 is 10.4 Å². The molecule has 0 aliphatic carbocycles. The third-order valence-corrected chi connectivity index (χ3v) is 4.84. The van der Waals surface area contributed by atoms with Gasteiger partial charge in [-0.15, -0.1) is 0 Å². The van der Waals surface area contributed by atoms with Gasteiger partial charge in [-0.05, 0) is 19.4 Å². The summed E-state index contributed by atoms with van der Waals surface area (Å²) in [6.45, 7) is 3.35. The maximum atomic E-state index is 13.1. The van der Waals surface area contributed by atoms with Crippen LogP contribution in [0.4, 0.5) is 0 Å². The van der Waals surface area contributed by atoms with Crippen LogP contribution < -0.4 is 10.9 Å². The summed E-state index contributed by atoms with van der Waals surface area (Å²) in [7, 11) is 0. The van der Waals surface area contributed by atoms with Crippen molar-refractivity contribution >= 4 is 5.91 Å². The second-order valence-electron chi connectivity index (χ2n) is 6.93. The van der Waals surface area contributed by atoms with Crippen LogP contribution in [-0.4, -0.2) is 27.2 Å². The van der Waals surface area contributed by atoms with Gasteiger partial charge >= 0.3 is 0 Å². The summed E-state index contributed by atoms with van der Waals surface area (Å²) in [5, 5.41) is 12.3. The van der Waals surface area contributed by atoms with Crippen LogP contribution in [0.25, 0.3) is 11.4 Å². The molecular weight excluding hydrogens is 366 g/mol. The Kier molecular flexibility index (Phi) is 6.57. The number of nitrogens with zero attached hydrogens (tertiary/aromatic N) is 2. The summed E-state index contributed by atoms with van der Waals surface area (Å²) in [4.78, 5) is 30.4. The van der Waals surface area contributed by atoms with Crippen molar-refractivity contribution in [2.75, 3.05) is 6.61 Å². The highest BCUT2D eigenvalue weighted by Gasteiger charge is 2.18. The second kappa shape index (κ2) is 9.30. The molecule has 0 aliphatic rings. The zero-order valence-corrected chi connectivity index (χ0v) is 16.6. The van der Waals surface area contributed by atoms with E-state index in [0.717, 1.165) is 11.1 Å². The van der Waals surface area contributed by atoms with Gasteiger partial charge in [-0.25, -0.2) is 4.98 Å². The van der Waals surface area contributed by atoms with E-state index in [1.807, 2.05) is 67.6 Å². The third kappa shape index (κ3) is 4.78. The van der Waals surface area contributed by atoms with Gasteiger partial charge in [0.15, 0.2) is 0 Å². The van der Waals surface area contributed by atoms with Crippen molar-refractivity contribution in [2.24, 2.45) is 0 Å². The van der Waals surface area contributed by atoms with Crippen LogP contribution in [-0.2, 0) is 17.8 Å². The molecule has 3 aromatic rings. The fraction of sp³-hybridized carbons (Fsp3) is 0.261. The van der Waals surface area contributed by atoms with E-state index in [4.69, 9.17) is 0 Å². The fourth-order valence-corrected chi connectivity index (χ4v) is 3.31. The van der Waals surface area contributed by atoms with Crippen LogP contribution in [0.5, 0.6) is 0 Å². The Morgan fingerprint density at radius 3 is 2.34 bits per heavy atom. The Morgan fingerprint density at radius 1 is 1.10 bits per heavy atom. The molecule has 0 bridgehead atoms. The summed E-state index contributed by atoms with van der Waals surface area (Å²) in [5.74, 6) is 0.165. The lowest BCUT2D eigenvalue weighted by molar-refractivity contribution is -0.122. The predicted octanol–water partition coefficient (Wildman–Crippen LogP) is 2.63. The first kappa shape index (κ1) is 20.5. The Hall–Kier alpha value is -3.25. The number of aliphatic hydroxyl groups is 1. The van der Waals surface area contributed by atoms with Crippen molar-refractivity contribution in [3.63, 3.8) is 0 Å². The molecule has 0 aliphatic heterocycles. The summed E-state index contributed by atoms with van der Waals surface area (Å²) in [6.07, 6.45) is 0.203. The van der Waals surface area contributed by atoms with Crippen LogP contribution in [0.15, 0.2) is 65.5 Å². The summed E-state index contributed by atoms with van der Waals surface area (Å²) < 4.78 is 1.39. The molecule has 150 valence electrons. The van der Waals surface area contributed by atoms with Crippen LogP contribution in [0.2, 0.25) is 0 Å². The van der Waals surface area contributed by atoms with Crippen molar-refractivity contribution in [3.05, 3.63) is 87.8 Å². The number of aliphatic hydroxyl groups excluding tert-OH is 1. The molecule has 0 radical (unpaired) electrons. The van der Waals surface area contributed by atoms with Gasteiger partial charge in [0.05, 0.1) is 6.04 Å². The van der Waals surface area contributed by atoms with Gasteiger partial charge in [0.25, 0.3) is 5.56 Å². The predicted molar refractivity (Wildman–Crippen MR) is 112 cm³/mol. The average molecular weight is 391 g/mol. The molecule has 1 atom stereocenters. The minimum atomic E-state index is -0.298. The van der Waals surface area contributed by atoms with Gasteiger partial charge in [-0.2, -0.15) is 0 Å². The molecule has 6 nitrogen and oxygen atoms in total. The monoisotopic (exact) mass is 391 g/mol. The van der Waals surface area contributed by atoms with Crippen LogP contribution >= 0.6 is 0 Å². The van der Waals surface area contributed by atoms with E-state index in [1.165, 1.54) is 4.57 Å². The van der Waals surface area contributed by atoms with Gasteiger partial charge in [0.2, 0.25) is 5.91 Å². The summed E-state index contributed by atoms with van der Waals surface area (Å²) in [5.41, 5.74) is 2.44. The third-order valence-electron chi connectivity index (χ3n) is 4.84. The first-order valence-corrected chi connectivity index (χ1v) is 9.62. The smallest absolute Gasteiger partial charge is 0.257 e. The zero-order valence-electron chi connectivity index (χ0n) is 16.6.